The zero-order valence-electron chi connectivity index (χ0n) is 13.8. The van der Waals surface area contributed by atoms with Gasteiger partial charge in [0.15, 0.2) is 0 Å². The lowest BCUT2D eigenvalue weighted by molar-refractivity contribution is -0.384. The molecule has 0 saturated carbocycles. The summed E-state index contributed by atoms with van der Waals surface area (Å²) in [6.45, 7) is 2.58. The minimum atomic E-state index is -0.543. The molecule has 1 heterocycles. The van der Waals surface area contributed by atoms with Gasteiger partial charge < -0.3 is 9.88 Å². The molecule has 0 aliphatic rings. The molecular weight excluding hydrogens is 356 g/mol. The minimum Gasteiger partial charge on any atom is -0.331 e. The van der Waals surface area contributed by atoms with E-state index in [9.17, 15) is 14.9 Å². The number of rotatable bonds is 5. The molecule has 2 aromatic carbocycles. The molecular formula is C18H15ClN4O3. The van der Waals surface area contributed by atoms with Crippen molar-refractivity contribution in [2.24, 2.45) is 0 Å². The smallest absolute Gasteiger partial charge is 0.271 e. The van der Waals surface area contributed by atoms with Gasteiger partial charge in [-0.1, -0.05) is 23.7 Å². The van der Waals surface area contributed by atoms with E-state index in [1.807, 2.05) is 29.8 Å². The number of non-ortho nitro benzene ring substituents is 1. The fourth-order valence-electron chi connectivity index (χ4n) is 2.45. The van der Waals surface area contributed by atoms with Gasteiger partial charge in [-0.25, -0.2) is 4.98 Å². The number of aromatic nitrogens is 2. The second-order valence-corrected chi connectivity index (χ2v) is 6.08. The molecule has 1 amide bonds. The number of nitro groups is 1. The zero-order valence-corrected chi connectivity index (χ0v) is 14.6. The van der Waals surface area contributed by atoms with Crippen molar-refractivity contribution < 1.29 is 9.72 Å². The minimum absolute atomic E-state index is 0.143. The van der Waals surface area contributed by atoms with Crippen LogP contribution in [0.3, 0.4) is 0 Å². The van der Waals surface area contributed by atoms with Crippen molar-refractivity contribution in [3.8, 4) is 0 Å². The lowest BCUT2D eigenvalue weighted by atomic mass is 10.1. The van der Waals surface area contributed by atoms with Crippen molar-refractivity contribution >= 4 is 28.9 Å². The molecule has 1 N–H and O–H groups in total. The van der Waals surface area contributed by atoms with Gasteiger partial charge in [0.2, 0.25) is 0 Å². The maximum atomic E-state index is 12.4. The number of aryl methyl sites for hydroxylation is 1. The fraction of sp³-hybridized carbons (Fsp3) is 0.111. The van der Waals surface area contributed by atoms with Crippen LogP contribution in [0.15, 0.2) is 54.9 Å². The van der Waals surface area contributed by atoms with Crippen LogP contribution >= 0.6 is 11.6 Å². The summed E-state index contributed by atoms with van der Waals surface area (Å²) in [5.41, 5.74) is 1.51. The first kappa shape index (κ1) is 17.6. The molecule has 8 heteroatoms. The molecule has 0 bridgehead atoms. The Bertz CT molecular complexity index is 967. The van der Waals surface area contributed by atoms with E-state index in [1.165, 1.54) is 18.2 Å². The molecule has 0 fully saturated rings. The summed E-state index contributed by atoms with van der Waals surface area (Å²) < 4.78 is 2.00. The maximum absolute atomic E-state index is 12.4. The molecule has 0 radical (unpaired) electrons. The van der Waals surface area contributed by atoms with Crippen molar-refractivity contribution in [3.63, 3.8) is 0 Å². The summed E-state index contributed by atoms with van der Waals surface area (Å²) in [5.74, 6) is 0.518. The van der Waals surface area contributed by atoms with E-state index < -0.39 is 10.8 Å². The number of nitrogens with zero attached hydrogens (tertiary/aromatic N) is 3. The Morgan fingerprint density at radius 2 is 2.00 bits per heavy atom. The normalized spacial score (nSPS) is 10.5. The predicted octanol–water partition coefficient (Wildman–Crippen LogP) is 4.05. The number of amides is 1. The van der Waals surface area contributed by atoms with Crippen molar-refractivity contribution in [2.75, 3.05) is 5.32 Å². The molecule has 1 aromatic heterocycles. The van der Waals surface area contributed by atoms with E-state index in [4.69, 9.17) is 11.6 Å². The van der Waals surface area contributed by atoms with Crippen LogP contribution in [0.4, 0.5) is 11.4 Å². The average molecular weight is 371 g/mol. The summed E-state index contributed by atoms with van der Waals surface area (Å²) in [6.07, 6.45) is 3.63. The van der Waals surface area contributed by atoms with Crippen molar-refractivity contribution in [2.45, 2.75) is 13.5 Å². The topological polar surface area (TPSA) is 90.1 Å². The number of hydrogen-bond donors (Lipinski definition) is 1. The Balaban J connectivity index is 1.73. The van der Waals surface area contributed by atoms with Gasteiger partial charge in [-0.15, -0.1) is 0 Å². The standard InChI is InChI=1S/C18H15ClN4O3/c1-12-20-8-9-22(12)11-13-2-4-14(5-3-13)18(24)21-17-10-15(23(25)26)6-7-16(17)19/h2-10H,11H2,1H3,(H,21,24). The number of carbonyl (C=O) groups is 1. The molecule has 0 aliphatic heterocycles. The Kier molecular flexibility index (Phi) is 4.99. The highest BCUT2D eigenvalue weighted by Gasteiger charge is 2.13. The van der Waals surface area contributed by atoms with E-state index in [0.29, 0.717) is 12.1 Å². The zero-order chi connectivity index (χ0) is 18.7. The Labute approximate surface area is 154 Å². The molecule has 132 valence electrons. The van der Waals surface area contributed by atoms with E-state index >= 15 is 0 Å². The average Bonchev–Trinajstić information content (AvgIpc) is 3.02. The SMILES string of the molecule is Cc1nccn1Cc1ccc(C(=O)Nc2cc([N+](=O)[O-])ccc2Cl)cc1. The van der Waals surface area contributed by atoms with Gasteiger partial charge in [0.1, 0.15) is 5.82 Å². The largest absolute Gasteiger partial charge is 0.331 e. The van der Waals surface area contributed by atoms with E-state index in [0.717, 1.165) is 11.4 Å². The molecule has 26 heavy (non-hydrogen) atoms. The van der Waals surface area contributed by atoms with E-state index in [2.05, 4.69) is 10.3 Å². The monoisotopic (exact) mass is 370 g/mol. The van der Waals surface area contributed by atoms with Crippen molar-refractivity contribution in [1.82, 2.24) is 9.55 Å². The fourth-order valence-corrected chi connectivity index (χ4v) is 2.61. The van der Waals surface area contributed by atoms with Crippen LogP contribution in [0.2, 0.25) is 5.02 Å². The summed E-state index contributed by atoms with van der Waals surface area (Å²) in [7, 11) is 0. The number of benzene rings is 2. The first-order valence-electron chi connectivity index (χ1n) is 7.76. The van der Waals surface area contributed by atoms with Gasteiger partial charge in [0.05, 0.1) is 15.6 Å². The van der Waals surface area contributed by atoms with E-state index in [-0.39, 0.29) is 16.4 Å². The Morgan fingerprint density at radius 1 is 1.27 bits per heavy atom. The number of carbonyl (C=O) groups excluding carboxylic acids is 1. The summed E-state index contributed by atoms with van der Waals surface area (Å²) in [5, 5.41) is 13.7. The van der Waals surface area contributed by atoms with Crippen LogP contribution in [0, 0.1) is 17.0 Å². The van der Waals surface area contributed by atoms with E-state index in [1.54, 1.807) is 18.3 Å². The summed E-state index contributed by atoms with van der Waals surface area (Å²) in [4.78, 5) is 26.9. The number of halogens is 1. The molecule has 0 aliphatic carbocycles. The van der Waals surface area contributed by atoms with Gasteiger partial charge in [-0.05, 0) is 30.7 Å². The van der Waals surface area contributed by atoms with Crippen LogP contribution in [0.25, 0.3) is 0 Å². The number of nitro benzene ring substituents is 1. The first-order chi connectivity index (χ1) is 12.4. The Morgan fingerprint density at radius 3 is 2.62 bits per heavy atom. The lowest BCUT2D eigenvalue weighted by Gasteiger charge is -2.09. The van der Waals surface area contributed by atoms with Crippen molar-refractivity contribution in [1.29, 1.82) is 0 Å². The number of hydrogen-bond acceptors (Lipinski definition) is 4. The highest BCUT2D eigenvalue weighted by Crippen LogP contribution is 2.27. The second-order valence-electron chi connectivity index (χ2n) is 5.67. The molecule has 7 nitrogen and oxygen atoms in total. The summed E-state index contributed by atoms with van der Waals surface area (Å²) in [6, 6.07) is 11.0. The van der Waals surface area contributed by atoms with Gasteiger partial charge in [0, 0.05) is 36.6 Å². The third-order valence-corrected chi connectivity index (χ3v) is 4.23. The van der Waals surface area contributed by atoms with Crippen LogP contribution < -0.4 is 5.32 Å². The molecule has 3 rings (SSSR count). The van der Waals surface area contributed by atoms with Crippen molar-refractivity contribution in [3.05, 3.63) is 86.9 Å². The van der Waals surface area contributed by atoms with Crippen LogP contribution in [0.5, 0.6) is 0 Å². The molecule has 0 saturated heterocycles. The Hall–Kier alpha value is -3.19. The first-order valence-corrected chi connectivity index (χ1v) is 8.14. The van der Waals surface area contributed by atoms with Gasteiger partial charge in [-0.3, -0.25) is 14.9 Å². The van der Waals surface area contributed by atoms with Crippen LogP contribution in [-0.2, 0) is 6.54 Å². The predicted molar refractivity (Wildman–Crippen MR) is 98.6 cm³/mol. The summed E-state index contributed by atoms with van der Waals surface area (Å²) >= 11 is 6.01. The molecule has 0 spiro atoms. The lowest BCUT2D eigenvalue weighted by Crippen LogP contribution is -2.12. The molecule has 3 aromatic rings. The highest BCUT2D eigenvalue weighted by atomic mass is 35.5. The third-order valence-electron chi connectivity index (χ3n) is 3.90. The highest BCUT2D eigenvalue weighted by molar-refractivity contribution is 6.34. The van der Waals surface area contributed by atoms with Gasteiger partial charge >= 0.3 is 0 Å². The van der Waals surface area contributed by atoms with Gasteiger partial charge in [0.25, 0.3) is 11.6 Å². The second kappa shape index (κ2) is 7.37. The van der Waals surface area contributed by atoms with Crippen LogP contribution in [-0.4, -0.2) is 20.4 Å². The third kappa shape index (κ3) is 3.89. The number of anilines is 1. The number of nitrogens with one attached hydrogen (secondary N) is 1. The molecule has 0 atom stereocenters. The number of imidazole rings is 1. The molecule has 0 unspecified atom stereocenters. The maximum Gasteiger partial charge on any atom is 0.271 e. The quantitative estimate of drug-likeness (QED) is 0.541. The van der Waals surface area contributed by atoms with Gasteiger partial charge in [-0.2, -0.15) is 0 Å². The van der Waals surface area contributed by atoms with Crippen LogP contribution in [0.1, 0.15) is 21.7 Å².